The van der Waals surface area contributed by atoms with Crippen molar-refractivity contribution in [1.29, 1.82) is 0 Å². The van der Waals surface area contributed by atoms with Crippen molar-refractivity contribution in [2.24, 2.45) is 10.2 Å². The van der Waals surface area contributed by atoms with Crippen LogP contribution in [0.15, 0.2) is 45.4 Å². The van der Waals surface area contributed by atoms with Crippen molar-refractivity contribution >= 4 is 35.0 Å². The van der Waals surface area contributed by atoms with Gasteiger partial charge in [0, 0.05) is 12.7 Å². The van der Waals surface area contributed by atoms with Gasteiger partial charge in [-0.2, -0.15) is 5.10 Å². The lowest BCUT2D eigenvalue weighted by molar-refractivity contribution is -0.135. The Bertz CT molecular complexity index is 759. The van der Waals surface area contributed by atoms with E-state index >= 15 is 0 Å². The molecule has 0 aliphatic carbocycles. The van der Waals surface area contributed by atoms with Gasteiger partial charge in [-0.1, -0.05) is 38.0 Å². The maximum absolute atomic E-state index is 11.7. The number of ether oxygens (including phenoxy) is 2. The standard InChI is InChI=1S/C19H23N3O4S/c1-3-4-5-9-26-13-15-8-6-7-14(10-15)12-20-22-19-21-18(24)16(27-19)11-17(23)25-2/h6-8,10-12H,3-5,9,13H2,1-2H3,(H,21,22,24)/b16-11+,20-12?. The number of benzene rings is 1. The fourth-order valence-electron chi connectivity index (χ4n) is 2.20. The first-order valence-electron chi connectivity index (χ1n) is 8.69. The van der Waals surface area contributed by atoms with Crippen LogP contribution in [-0.2, 0) is 25.7 Å². The number of esters is 1. The predicted octanol–water partition coefficient (Wildman–Crippen LogP) is 3.00. The molecule has 0 radical (unpaired) electrons. The van der Waals surface area contributed by atoms with E-state index in [9.17, 15) is 9.59 Å². The second-order valence-electron chi connectivity index (χ2n) is 5.74. The summed E-state index contributed by atoms with van der Waals surface area (Å²) in [6, 6.07) is 7.82. The van der Waals surface area contributed by atoms with Crippen LogP contribution in [0.5, 0.6) is 0 Å². The number of carbonyl (C=O) groups excluding carboxylic acids is 2. The van der Waals surface area contributed by atoms with Gasteiger partial charge >= 0.3 is 5.97 Å². The zero-order chi connectivity index (χ0) is 19.5. The van der Waals surface area contributed by atoms with E-state index in [-0.39, 0.29) is 4.91 Å². The van der Waals surface area contributed by atoms with Crippen LogP contribution in [-0.4, -0.2) is 37.0 Å². The zero-order valence-corrected chi connectivity index (χ0v) is 16.3. The molecule has 0 saturated carbocycles. The van der Waals surface area contributed by atoms with Crippen molar-refractivity contribution in [2.45, 2.75) is 32.8 Å². The molecule has 0 unspecified atom stereocenters. The Kier molecular flexibility index (Phi) is 8.73. The van der Waals surface area contributed by atoms with Crippen LogP contribution in [0.4, 0.5) is 0 Å². The molecule has 144 valence electrons. The summed E-state index contributed by atoms with van der Waals surface area (Å²) in [6.07, 6.45) is 6.15. The second kappa shape index (κ2) is 11.3. The average Bonchev–Trinajstić information content (AvgIpc) is 3.01. The number of amides is 1. The first-order valence-corrected chi connectivity index (χ1v) is 9.50. The summed E-state index contributed by atoms with van der Waals surface area (Å²) < 4.78 is 10.2. The normalized spacial score (nSPS) is 17.0. The second-order valence-corrected chi connectivity index (χ2v) is 6.77. The summed E-state index contributed by atoms with van der Waals surface area (Å²) in [6.45, 7) is 3.49. The molecule has 0 spiro atoms. The number of carbonyl (C=O) groups is 2. The van der Waals surface area contributed by atoms with Crippen LogP contribution in [0, 0.1) is 0 Å². The molecular weight excluding hydrogens is 366 g/mol. The smallest absolute Gasteiger partial charge is 0.331 e. The fourth-order valence-corrected chi connectivity index (χ4v) is 2.94. The molecule has 1 N–H and O–H groups in total. The Labute approximate surface area is 162 Å². The maximum atomic E-state index is 11.7. The van der Waals surface area contributed by atoms with Crippen LogP contribution in [0.1, 0.15) is 37.3 Å². The van der Waals surface area contributed by atoms with Gasteiger partial charge in [0.25, 0.3) is 5.91 Å². The third-order valence-corrected chi connectivity index (χ3v) is 4.47. The topological polar surface area (TPSA) is 89.4 Å². The summed E-state index contributed by atoms with van der Waals surface area (Å²) >= 11 is 1.03. The molecule has 0 aromatic heterocycles. The van der Waals surface area contributed by atoms with Crippen molar-refractivity contribution < 1.29 is 19.1 Å². The monoisotopic (exact) mass is 389 g/mol. The van der Waals surface area contributed by atoms with Crippen molar-refractivity contribution in [2.75, 3.05) is 13.7 Å². The number of hydrogen-bond acceptors (Lipinski definition) is 7. The highest BCUT2D eigenvalue weighted by molar-refractivity contribution is 8.18. The SMILES string of the molecule is CCCCCOCc1cccc(C=N/N=C2/NC(=O)/C(=C\C(=O)OC)S2)c1. The maximum Gasteiger partial charge on any atom is 0.331 e. The van der Waals surface area contributed by atoms with Gasteiger partial charge in [-0.15, -0.1) is 5.10 Å². The molecule has 8 heteroatoms. The number of hydrogen-bond donors (Lipinski definition) is 1. The summed E-state index contributed by atoms with van der Waals surface area (Å²) in [4.78, 5) is 23.2. The molecule has 1 amide bonds. The molecule has 1 heterocycles. The quantitative estimate of drug-likeness (QED) is 0.231. The first kappa shape index (κ1) is 20.9. The van der Waals surface area contributed by atoms with E-state index in [2.05, 4.69) is 27.2 Å². The van der Waals surface area contributed by atoms with Crippen molar-refractivity contribution in [3.05, 3.63) is 46.4 Å². The van der Waals surface area contributed by atoms with E-state index in [1.165, 1.54) is 20.0 Å². The zero-order valence-electron chi connectivity index (χ0n) is 15.4. The fraction of sp³-hybridized carbons (Fsp3) is 0.368. The van der Waals surface area contributed by atoms with Gasteiger partial charge < -0.3 is 9.47 Å². The van der Waals surface area contributed by atoms with E-state index in [0.29, 0.717) is 11.8 Å². The number of methoxy groups -OCH3 is 1. The minimum Gasteiger partial charge on any atom is -0.466 e. The van der Waals surface area contributed by atoms with Gasteiger partial charge in [0.2, 0.25) is 0 Å². The largest absolute Gasteiger partial charge is 0.466 e. The van der Waals surface area contributed by atoms with Gasteiger partial charge in [-0.25, -0.2) is 4.79 Å². The van der Waals surface area contributed by atoms with Crippen molar-refractivity contribution in [3.8, 4) is 0 Å². The van der Waals surface area contributed by atoms with Crippen molar-refractivity contribution in [1.82, 2.24) is 5.32 Å². The molecule has 0 atom stereocenters. The number of nitrogens with zero attached hydrogens (tertiary/aromatic N) is 2. The number of amidine groups is 1. The van der Waals surface area contributed by atoms with Gasteiger partial charge in [0.05, 0.1) is 24.8 Å². The van der Waals surface area contributed by atoms with Gasteiger partial charge in [-0.3, -0.25) is 10.1 Å². The Morgan fingerprint density at radius 3 is 2.96 bits per heavy atom. The molecule has 1 saturated heterocycles. The third kappa shape index (κ3) is 7.36. The first-order chi connectivity index (χ1) is 13.1. The highest BCUT2D eigenvalue weighted by Crippen LogP contribution is 2.23. The predicted molar refractivity (Wildman–Crippen MR) is 106 cm³/mol. The van der Waals surface area contributed by atoms with Crippen LogP contribution < -0.4 is 5.32 Å². The third-order valence-electron chi connectivity index (χ3n) is 3.57. The van der Waals surface area contributed by atoms with E-state index < -0.39 is 11.9 Å². The van der Waals surface area contributed by atoms with Crippen LogP contribution in [0.25, 0.3) is 0 Å². The van der Waals surface area contributed by atoms with E-state index in [0.717, 1.165) is 42.0 Å². The lowest BCUT2D eigenvalue weighted by Gasteiger charge is -2.04. The number of nitrogens with one attached hydrogen (secondary N) is 1. The Morgan fingerprint density at radius 1 is 1.33 bits per heavy atom. The summed E-state index contributed by atoms with van der Waals surface area (Å²) in [5.74, 6) is -0.993. The number of thioether (sulfide) groups is 1. The molecule has 0 bridgehead atoms. The molecule has 27 heavy (non-hydrogen) atoms. The van der Waals surface area contributed by atoms with E-state index in [1.54, 1.807) is 6.21 Å². The van der Waals surface area contributed by atoms with Gasteiger partial charge in [-0.05, 0) is 35.4 Å². The molecule has 1 fully saturated rings. The van der Waals surface area contributed by atoms with E-state index in [4.69, 9.17) is 4.74 Å². The van der Waals surface area contributed by atoms with E-state index in [1.807, 2.05) is 24.3 Å². The highest BCUT2D eigenvalue weighted by atomic mass is 32.2. The molecule has 1 aliphatic rings. The Morgan fingerprint density at radius 2 is 2.19 bits per heavy atom. The van der Waals surface area contributed by atoms with Gasteiger partial charge in [0.15, 0.2) is 5.17 Å². The Hall–Kier alpha value is -2.45. The minimum atomic E-state index is -0.592. The van der Waals surface area contributed by atoms with Gasteiger partial charge in [0.1, 0.15) is 0 Å². The molecule has 2 rings (SSSR count). The lowest BCUT2D eigenvalue weighted by Crippen LogP contribution is -2.19. The number of rotatable bonds is 9. The average molecular weight is 389 g/mol. The van der Waals surface area contributed by atoms with Crippen molar-refractivity contribution in [3.63, 3.8) is 0 Å². The summed E-state index contributed by atoms with van der Waals surface area (Å²) in [5.41, 5.74) is 1.95. The molecule has 1 aliphatic heterocycles. The molecule has 1 aromatic carbocycles. The van der Waals surface area contributed by atoms with Crippen LogP contribution in [0.2, 0.25) is 0 Å². The Balaban J connectivity index is 1.90. The number of unbranched alkanes of at least 4 members (excludes halogenated alkanes) is 2. The lowest BCUT2D eigenvalue weighted by atomic mass is 10.1. The molecule has 7 nitrogen and oxygen atoms in total. The van der Waals surface area contributed by atoms with Crippen LogP contribution >= 0.6 is 11.8 Å². The molecule has 1 aromatic rings. The van der Waals surface area contributed by atoms with Crippen LogP contribution in [0.3, 0.4) is 0 Å². The highest BCUT2D eigenvalue weighted by Gasteiger charge is 2.24. The minimum absolute atomic E-state index is 0.220. The summed E-state index contributed by atoms with van der Waals surface area (Å²) in [5, 5.41) is 10.8. The summed E-state index contributed by atoms with van der Waals surface area (Å²) in [7, 11) is 1.25. The molecular formula is C19H23N3O4S.